The van der Waals surface area contributed by atoms with Gasteiger partial charge in [0.25, 0.3) is 0 Å². The van der Waals surface area contributed by atoms with E-state index in [1.165, 1.54) is 16.7 Å². The van der Waals surface area contributed by atoms with Gasteiger partial charge < -0.3 is 5.73 Å². The molecule has 3 rings (SSSR count). The molecule has 0 spiro atoms. The van der Waals surface area contributed by atoms with Crippen molar-refractivity contribution in [2.24, 2.45) is 0 Å². The van der Waals surface area contributed by atoms with Crippen molar-refractivity contribution in [1.29, 1.82) is 0 Å². The Hall–Kier alpha value is -1.12. The average molecular weight is 382 g/mol. The summed E-state index contributed by atoms with van der Waals surface area (Å²) in [4.78, 5) is 0. The minimum atomic E-state index is 0. The van der Waals surface area contributed by atoms with E-state index in [2.05, 4.69) is 44.2 Å². The molecule has 23 heavy (non-hydrogen) atoms. The van der Waals surface area contributed by atoms with Crippen LogP contribution in [-0.4, -0.2) is 0 Å². The van der Waals surface area contributed by atoms with Crippen LogP contribution >= 0.6 is 24.8 Å². The van der Waals surface area contributed by atoms with Crippen LogP contribution in [0.25, 0.3) is 11.3 Å². The monoisotopic (exact) mass is 381 g/mol. The summed E-state index contributed by atoms with van der Waals surface area (Å²) in [6.45, 7) is 6.16. The second-order valence-electron chi connectivity index (χ2n) is 4.85. The van der Waals surface area contributed by atoms with Gasteiger partial charge in [0.2, 0.25) is 0 Å². The Bertz CT molecular complexity index is 637. The zero-order valence-corrected chi connectivity index (χ0v) is 16.3. The van der Waals surface area contributed by atoms with E-state index in [1.54, 1.807) is 12.1 Å². The quantitative estimate of drug-likeness (QED) is 0.382. The van der Waals surface area contributed by atoms with E-state index in [9.17, 15) is 0 Å². The maximum absolute atomic E-state index is 7.00. The first-order valence-electron chi connectivity index (χ1n) is 6.72. The van der Waals surface area contributed by atoms with Gasteiger partial charge >= 0.3 is 21.7 Å². The molecular formula is C19H21Cl2NTi. The van der Waals surface area contributed by atoms with Crippen LogP contribution in [0.2, 0.25) is 0 Å². The molecule has 0 atom stereocenters. The largest absolute Gasteiger partial charge is 2.00 e. The van der Waals surface area contributed by atoms with E-state index in [-0.39, 0.29) is 46.5 Å². The summed E-state index contributed by atoms with van der Waals surface area (Å²) in [6.07, 6.45) is 5.55. The molecule has 2 aromatic rings. The van der Waals surface area contributed by atoms with Crippen LogP contribution in [0.1, 0.15) is 24.5 Å². The van der Waals surface area contributed by atoms with E-state index >= 15 is 0 Å². The fourth-order valence-electron chi connectivity index (χ4n) is 2.12. The van der Waals surface area contributed by atoms with Crippen LogP contribution in [0.4, 0.5) is 5.69 Å². The van der Waals surface area contributed by atoms with E-state index in [1.807, 2.05) is 24.3 Å². The van der Waals surface area contributed by atoms with Gasteiger partial charge in [-0.25, -0.2) is 0 Å². The van der Waals surface area contributed by atoms with Crippen LogP contribution < -0.4 is 0 Å². The predicted molar refractivity (Wildman–Crippen MR) is 102 cm³/mol. The molecule has 0 aromatic heterocycles. The molecule has 0 unspecified atom stereocenters. The molecule has 0 radical (unpaired) electrons. The standard InChI is InChI=1S/C13H13.C6H6N.2ClH.Ti/c1-10-7-8-12(9-10)13-6-4-3-5-11(13)2;7-6-4-2-1-3-5-6;;;/h3-7,9H,2,8H2,1H3;1-5,7H;2*1H;/q2*-1;;;+2. The first kappa shape index (κ1) is 24.1. The third kappa shape index (κ3) is 7.81. The summed E-state index contributed by atoms with van der Waals surface area (Å²) in [7, 11) is 0. The van der Waals surface area contributed by atoms with Crippen molar-refractivity contribution in [2.75, 3.05) is 0 Å². The van der Waals surface area contributed by atoms with Gasteiger partial charge in [0.15, 0.2) is 0 Å². The molecule has 0 fully saturated rings. The summed E-state index contributed by atoms with van der Waals surface area (Å²) >= 11 is 0. The Morgan fingerprint density at radius 1 is 0.913 bits per heavy atom. The molecule has 0 saturated heterocycles. The van der Waals surface area contributed by atoms with Gasteiger partial charge in [-0.1, -0.05) is 59.7 Å². The second kappa shape index (κ2) is 12.3. The fraction of sp³-hybridized carbons (Fsp3) is 0.105. The summed E-state index contributed by atoms with van der Waals surface area (Å²) in [5.74, 6) is 0. The Kier molecular flexibility index (Phi) is 12.9. The number of rotatable bonds is 1. The van der Waals surface area contributed by atoms with Gasteiger partial charge in [0.1, 0.15) is 0 Å². The van der Waals surface area contributed by atoms with Crippen molar-refractivity contribution in [3.05, 3.63) is 96.1 Å². The molecule has 1 N–H and O–H groups in total. The number of hydrogen-bond donors (Lipinski definition) is 0. The molecule has 120 valence electrons. The first-order chi connectivity index (χ1) is 9.66. The molecule has 1 nitrogen and oxygen atoms in total. The number of allylic oxidation sites excluding steroid dienone is 4. The van der Waals surface area contributed by atoms with Crippen LogP contribution in [0.3, 0.4) is 0 Å². The molecule has 0 aliphatic heterocycles. The zero-order chi connectivity index (χ0) is 14.4. The van der Waals surface area contributed by atoms with E-state index in [4.69, 9.17) is 5.73 Å². The Balaban J connectivity index is 0. The normalized spacial score (nSPS) is 11.3. The summed E-state index contributed by atoms with van der Waals surface area (Å²) in [6, 6.07) is 17.4. The third-order valence-electron chi connectivity index (χ3n) is 3.18. The van der Waals surface area contributed by atoms with Gasteiger partial charge in [0.05, 0.1) is 0 Å². The molecule has 0 heterocycles. The van der Waals surface area contributed by atoms with Crippen LogP contribution in [0, 0.1) is 6.92 Å². The van der Waals surface area contributed by atoms with E-state index in [0.29, 0.717) is 5.69 Å². The molecule has 0 saturated carbocycles. The van der Waals surface area contributed by atoms with Crippen molar-refractivity contribution in [3.8, 4) is 0 Å². The third-order valence-corrected chi connectivity index (χ3v) is 3.18. The van der Waals surface area contributed by atoms with Crippen molar-refractivity contribution >= 4 is 36.1 Å². The maximum atomic E-state index is 7.00. The minimum absolute atomic E-state index is 0. The van der Waals surface area contributed by atoms with Crippen LogP contribution in [-0.2, 0) is 21.7 Å². The van der Waals surface area contributed by atoms with E-state index < -0.39 is 0 Å². The molecule has 4 heteroatoms. The van der Waals surface area contributed by atoms with E-state index in [0.717, 1.165) is 12.0 Å². The summed E-state index contributed by atoms with van der Waals surface area (Å²) in [5, 5.41) is 0. The number of benzene rings is 2. The molecule has 0 amide bonds. The zero-order valence-electron chi connectivity index (χ0n) is 13.1. The van der Waals surface area contributed by atoms with Crippen molar-refractivity contribution < 1.29 is 21.7 Å². The van der Waals surface area contributed by atoms with Gasteiger partial charge in [-0.15, -0.1) is 48.2 Å². The SMILES string of the molecule is Cl.Cl.[CH2-]c1ccccc1C1=CC(C)=CC1.[NH-]c1ccccc1.[Ti+2]. The fourth-order valence-corrected chi connectivity index (χ4v) is 2.12. The van der Waals surface area contributed by atoms with Crippen molar-refractivity contribution in [3.63, 3.8) is 0 Å². The second-order valence-corrected chi connectivity index (χ2v) is 4.85. The summed E-state index contributed by atoms with van der Waals surface area (Å²) < 4.78 is 0. The van der Waals surface area contributed by atoms with Gasteiger partial charge in [0, 0.05) is 0 Å². The number of hydrogen-bond acceptors (Lipinski definition) is 0. The molecule has 0 bridgehead atoms. The van der Waals surface area contributed by atoms with Crippen LogP contribution in [0.15, 0.2) is 72.3 Å². The van der Waals surface area contributed by atoms with Crippen molar-refractivity contribution in [2.45, 2.75) is 13.3 Å². The maximum Gasteiger partial charge on any atom is 2.00 e. The van der Waals surface area contributed by atoms with Crippen LogP contribution in [0.5, 0.6) is 0 Å². The predicted octanol–water partition coefficient (Wildman–Crippen LogP) is 6.81. The Labute approximate surface area is 166 Å². The Morgan fingerprint density at radius 2 is 1.48 bits per heavy atom. The van der Waals surface area contributed by atoms with Gasteiger partial charge in [-0.3, -0.25) is 0 Å². The molecule has 1 aliphatic carbocycles. The van der Waals surface area contributed by atoms with Gasteiger partial charge in [-0.2, -0.15) is 18.6 Å². The molecular weight excluding hydrogens is 361 g/mol. The number of halogens is 2. The minimum Gasteiger partial charge on any atom is -0.699 e. The molecule has 1 aliphatic rings. The average Bonchev–Trinajstić information content (AvgIpc) is 2.87. The smallest absolute Gasteiger partial charge is 0.699 e. The van der Waals surface area contributed by atoms with Gasteiger partial charge in [-0.05, 0) is 13.3 Å². The molecule has 2 aromatic carbocycles. The van der Waals surface area contributed by atoms with Crippen molar-refractivity contribution in [1.82, 2.24) is 0 Å². The Morgan fingerprint density at radius 3 is 1.91 bits per heavy atom. The summed E-state index contributed by atoms with van der Waals surface area (Å²) in [5.41, 5.74) is 12.7. The first-order valence-corrected chi connectivity index (χ1v) is 6.72. The number of nitrogens with one attached hydrogen (secondary N) is 1. The topological polar surface area (TPSA) is 23.8 Å².